The van der Waals surface area contributed by atoms with E-state index in [1.165, 1.54) is 0 Å². The van der Waals surface area contributed by atoms with Crippen molar-refractivity contribution >= 4 is 10.9 Å². The number of nitrogens with zero attached hydrogens (tertiary/aromatic N) is 3. The van der Waals surface area contributed by atoms with Gasteiger partial charge in [0.25, 0.3) is 0 Å². The van der Waals surface area contributed by atoms with E-state index in [2.05, 4.69) is 22.2 Å². The summed E-state index contributed by atoms with van der Waals surface area (Å²) in [6.45, 7) is 4.00. The number of hydrogen-bond acceptors (Lipinski definition) is 2. The molecule has 0 bridgehead atoms. The fraction of sp³-hybridized carbons (Fsp3) is 0.143. The van der Waals surface area contributed by atoms with Crippen LogP contribution in [0.4, 0.5) is 0 Å². The Hall–Kier alpha value is -2.16. The van der Waals surface area contributed by atoms with Crippen molar-refractivity contribution in [1.29, 1.82) is 0 Å². The summed E-state index contributed by atoms with van der Waals surface area (Å²) in [4.78, 5) is 4.53. The van der Waals surface area contributed by atoms with Gasteiger partial charge in [-0.15, -0.1) is 0 Å². The Kier molecular flexibility index (Phi) is 2.18. The lowest BCUT2D eigenvalue weighted by molar-refractivity contribution is 0.866. The van der Waals surface area contributed by atoms with Crippen molar-refractivity contribution in [3.05, 3.63) is 54.0 Å². The van der Waals surface area contributed by atoms with E-state index in [0.29, 0.717) is 0 Å². The summed E-state index contributed by atoms with van der Waals surface area (Å²) in [6, 6.07) is 12.2. The zero-order valence-corrected chi connectivity index (χ0v) is 9.88. The summed E-state index contributed by atoms with van der Waals surface area (Å²) in [5.41, 5.74) is 4.12. The molecule has 0 saturated carbocycles. The second-order valence-corrected chi connectivity index (χ2v) is 4.20. The molecule has 3 heteroatoms. The molecule has 0 saturated heterocycles. The first-order chi connectivity index (χ1) is 8.24. The predicted molar refractivity (Wildman–Crippen MR) is 68.3 cm³/mol. The van der Waals surface area contributed by atoms with E-state index < -0.39 is 0 Å². The van der Waals surface area contributed by atoms with Crippen LogP contribution in [0.1, 0.15) is 11.4 Å². The number of rotatable bonds is 1. The van der Waals surface area contributed by atoms with E-state index in [9.17, 15) is 0 Å². The fourth-order valence-electron chi connectivity index (χ4n) is 2.02. The molecule has 0 spiro atoms. The first kappa shape index (κ1) is 10.0. The van der Waals surface area contributed by atoms with Crippen LogP contribution in [0.5, 0.6) is 0 Å². The summed E-state index contributed by atoms with van der Waals surface area (Å²) in [5, 5.41) is 5.59. The molecule has 3 aromatic rings. The first-order valence-electron chi connectivity index (χ1n) is 5.63. The van der Waals surface area contributed by atoms with Gasteiger partial charge < -0.3 is 0 Å². The van der Waals surface area contributed by atoms with Crippen LogP contribution in [0, 0.1) is 13.8 Å². The third-order valence-electron chi connectivity index (χ3n) is 2.79. The molecule has 2 heterocycles. The highest BCUT2D eigenvalue weighted by atomic mass is 15.3. The van der Waals surface area contributed by atoms with Crippen LogP contribution in [-0.2, 0) is 0 Å². The molecule has 0 aliphatic carbocycles. The normalized spacial score (nSPS) is 10.9. The van der Waals surface area contributed by atoms with Crippen LogP contribution >= 0.6 is 0 Å². The molecule has 3 nitrogen and oxygen atoms in total. The van der Waals surface area contributed by atoms with E-state index in [4.69, 9.17) is 0 Å². The number of fused-ring (bicyclic) bond motifs is 1. The van der Waals surface area contributed by atoms with Gasteiger partial charge in [0.2, 0.25) is 0 Å². The molecule has 0 fully saturated rings. The highest BCUT2D eigenvalue weighted by Crippen LogP contribution is 2.21. The minimum Gasteiger partial charge on any atom is -0.253 e. The van der Waals surface area contributed by atoms with Crippen molar-refractivity contribution < 1.29 is 0 Å². The number of benzene rings is 1. The number of para-hydroxylation sites is 1. The average molecular weight is 223 g/mol. The minimum atomic E-state index is 1.01. The van der Waals surface area contributed by atoms with E-state index in [0.717, 1.165) is 28.0 Å². The van der Waals surface area contributed by atoms with Crippen molar-refractivity contribution in [3.63, 3.8) is 0 Å². The van der Waals surface area contributed by atoms with E-state index in [-0.39, 0.29) is 0 Å². The molecule has 0 amide bonds. The zero-order valence-electron chi connectivity index (χ0n) is 9.88. The van der Waals surface area contributed by atoms with Crippen molar-refractivity contribution in [2.75, 3.05) is 0 Å². The summed E-state index contributed by atoms with van der Waals surface area (Å²) in [7, 11) is 0. The highest BCUT2D eigenvalue weighted by molar-refractivity contribution is 5.87. The van der Waals surface area contributed by atoms with E-state index in [1.807, 2.05) is 49.0 Å². The van der Waals surface area contributed by atoms with Crippen LogP contribution in [0.2, 0.25) is 0 Å². The Morgan fingerprint density at radius 3 is 2.59 bits per heavy atom. The Morgan fingerprint density at radius 1 is 1.00 bits per heavy atom. The topological polar surface area (TPSA) is 30.7 Å². The SMILES string of the molecule is Cc1cc(-n2ccc(C)n2)c2ccccc2n1. The number of aromatic nitrogens is 3. The Bertz CT molecular complexity index is 683. The quantitative estimate of drug-likeness (QED) is 0.634. The van der Waals surface area contributed by atoms with Crippen LogP contribution in [0.3, 0.4) is 0 Å². The van der Waals surface area contributed by atoms with Crippen LogP contribution in [-0.4, -0.2) is 14.8 Å². The lowest BCUT2D eigenvalue weighted by Crippen LogP contribution is -1.98. The summed E-state index contributed by atoms with van der Waals surface area (Å²) >= 11 is 0. The van der Waals surface area contributed by atoms with Gasteiger partial charge in [0.15, 0.2) is 0 Å². The summed E-state index contributed by atoms with van der Waals surface area (Å²) in [5.74, 6) is 0. The molecule has 0 unspecified atom stereocenters. The average Bonchev–Trinajstić information content (AvgIpc) is 2.74. The number of aryl methyl sites for hydroxylation is 2. The molecule has 17 heavy (non-hydrogen) atoms. The molecular weight excluding hydrogens is 210 g/mol. The van der Waals surface area contributed by atoms with Crippen molar-refractivity contribution in [1.82, 2.24) is 14.8 Å². The molecule has 2 aromatic heterocycles. The Labute approximate surface area is 99.7 Å². The largest absolute Gasteiger partial charge is 0.253 e. The van der Waals surface area contributed by atoms with Gasteiger partial charge in [-0.3, -0.25) is 4.98 Å². The van der Waals surface area contributed by atoms with Gasteiger partial charge in [-0.05, 0) is 32.0 Å². The minimum absolute atomic E-state index is 1.01. The second-order valence-electron chi connectivity index (χ2n) is 4.20. The van der Waals surface area contributed by atoms with Crippen LogP contribution < -0.4 is 0 Å². The molecule has 1 aromatic carbocycles. The number of pyridine rings is 1. The Balaban J connectivity index is 2.35. The van der Waals surface area contributed by atoms with Gasteiger partial charge in [-0.1, -0.05) is 18.2 Å². The van der Waals surface area contributed by atoms with Crippen molar-refractivity contribution in [2.45, 2.75) is 13.8 Å². The number of hydrogen-bond donors (Lipinski definition) is 0. The first-order valence-corrected chi connectivity index (χ1v) is 5.63. The molecular formula is C14H13N3. The van der Waals surface area contributed by atoms with Gasteiger partial charge in [0.05, 0.1) is 16.9 Å². The van der Waals surface area contributed by atoms with Crippen LogP contribution in [0.25, 0.3) is 16.6 Å². The standard InChI is InChI=1S/C14H13N3/c1-10-7-8-17(16-10)14-9-11(2)15-13-6-4-3-5-12(13)14/h3-9H,1-2H3. The predicted octanol–water partition coefficient (Wildman–Crippen LogP) is 3.04. The molecule has 84 valence electrons. The smallest absolute Gasteiger partial charge is 0.0757 e. The van der Waals surface area contributed by atoms with E-state index >= 15 is 0 Å². The third kappa shape index (κ3) is 1.69. The monoisotopic (exact) mass is 223 g/mol. The maximum atomic E-state index is 4.53. The van der Waals surface area contributed by atoms with Gasteiger partial charge in [-0.2, -0.15) is 5.10 Å². The Morgan fingerprint density at radius 2 is 1.82 bits per heavy atom. The van der Waals surface area contributed by atoms with Gasteiger partial charge in [0.1, 0.15) is 0 Å². The third-order valence-corrected chi connectivity index (χ3v) is 2.79. The lowest BCUT2D eigenvalue weighted by Gasteiger charge is -2.07. The maximum Gasteiger partial charge on any atom is 0.0757 e. The second kappa shape index (κ2) is 3.70. The molecule has 3 rings (SSSR count). The molecule has 0 aliphatic heterocycles. The summed E-state index contributed by atoms with van der Waals surface area (Å²) in [6.07, 6.45) is 1.98. The fourth-order valence-corrected chi connectivity index (χ4v) is 2.02. The van der Waals surface area contributed by atoms with Gasteiger partial charge in [-0.25, -0.2) is 4.68 Å². The van der Waals surface area contributed by atoms with Gasteiger partial charge in [0, 0.05) is 17.3 Å². The van der Waals surface area contributed by atoms with Gasteiger partial charge >= 0.3 is 0 Å². The summed E-state index contributed by atoms with van der Waals surface area (Å²) < 4.78 is 1.91. The maximum absolute atomic E-state index is 4.53. The lowest BCUT2D eigenvalue weighted by atomic mass is 10.1. The van der Waals surface area contributed by atoms with Crippen molar-refractivity contribution in [2.24, 2.45) is 0 Å². The highest BCUT2D eigenvalue weighted by Gasteiger charge is 2.06. The molecule has 0 atom stereocenters. The van der Waals surface area contributed by atoms with Crippen molar-refractivity contribution in [3.8, 4) is 5.69 Å². The zero-order chi connectivity index (χ0) is 11.8. The molecule has 0 N–H and O–H groups in total. The van der Waals surface area contributed by atoms with Crippen LogP contribution in [0.15, 0.2) is 42.6 Å². The molecule has 0 aliphatic rings. The molecule has 0 radical (unpaired) electrons. The van der Waals surface area contributed by atoms with E-state index in [1.54, 1.807) is 0 Å².